The summed E-state index contributed by atoms with van der Waals surface area (Å²) >= 11 is 5.89. The highest BCUT2D eigenvalue weighted by molar-refractivity contribution is 6.29. The highest BCUT2D eigenvalue weighted by atomic mass is 35.5. The Bertz CT molecular complexity index is 815. The summed E-state index contributed by atoms with van der Waals surface area (Å²) in [7, 11) is 0. The fourth-order valence-corrected chi connectivity index (χ4v) is 2.34. The van der Waals surface area contributed by atoms with Crippen molar-refractivity contribution in [1.29, 1.82) is 0 Å². The molecule has 2 aromatic carbocycles. The zero-order chi connectivity index (χ0) is 15.7. The predicted octanol–water partition coefficient (Wildman–Crippen LogP) is 3.46. The number of nitrogens with two attached hydrogens (primary N) is 1. The Labute approximate surface area is 131 Å². The van der Waals surface area contributed by atoms with E-state index >= 15 is 0 Å². The lowest BCUT2D eigenvalue weighted by Crippen LogP contribution is -1.96. The standard InChI is InChI=1S/C16H12ClN3O2/c17-15-8-13(19-16(18)20-15)12-7-10(3-6-14(12)22)9-1-4-11(21)5-2-9/h1-8,21-22H,(H2,18,19,20). The number of aromatic hydroxyl groups is 2. The van der Waals surface area contributed by atoms with Crippen LogP contribution in [0.15, 0.2) is 48.5 Å². The SMILES string of the molecule is Nc1nc(Cl)cc(-c2cc(-c3ccc(O)cc3)ccc2O)n1. The number of anilines is 1. The third kappa shape index (κ3) is 2.80. The van der Waals surface area contributed by atoms with E-state index in [0.29, 0.717) is 11.3 Å². The van der Waals surface area contributed by atoms with Crippen molar-refractivity contribution < 1.29 is 10.2 Å². The number of nitrogens with zero attached hydrogens (tertiary/aromatic N) is 2. The quantitative estimate of drug-likeness (QED) is 0.630. The van der Waals surface area contributed by atoms with E-state index in [1.54, 1.807) is 42.5 Å². The number of halogens is 1. The van der Waals surface area contributed by atoms with E-state index in [1.165, 1.54) is 6.07 Å². The molecular weight excluding hydrogens is 302 g/mol. The predicted molar refractivity (Wildman–Crippen MR) is 85.7 cm³/mol. The van der Waals surface area contributed by atoms with Crippen molar-refractivity contribution in [2.45, 2.75) is 0 Å². The van der Waals surface area contributed by atoms with Crippen LogP contribution in [0.1, 0.15) is 0 Å². The van der Waals surface area contributed by atoms with Gasteiger partial charge in [0, 0.05) is 11.6 Å². The van der Waals surface area contributed by atoms with Crippen molar-refractivity contribution in [3.63, 3.8) is 0 Å². The summed E-state index contributed by atoms with van der Waals surface area (Å²) in [6.07, 6.45) is 0. The van der Waals surface area contributed by atoms with Crippen LogP contribution in [0, 0.1) is 0 Å². The number of nitrogen functional groups attached to an aromatic ring is 1. The van der Waals surface area contributed by atoms with Gasteiger partial charge in [0.1, 0.15) is 16.7 Å². The van der Waals surface area contributed by atoms with Gasteiger partial charge in [-0.1, -0.05) is 29.8 Å². The van der Waals surface area contributed by atoms with Crippen molar-refractivity contribution in [2.24, 2.45) is 0 Å². The van der Waals surface area contributed by atoms with Crippen LogP contribution in [0.5, 0.6) is 11.5 Å². The maximum absolute atomic E-state index is 10.1. The second-order valence-electron chi connectivity index (χ2n) is 4.71. The summed E-state index contributed by atoms with van der Waals surface area (Å²) in [6.45, 7) is 0. The van der Waals surface area contributed by atoms with Gasteiger partial charge in [-0.25, -0.2) is 9.97 Å². The van der Waals surface area contributed by atoms with Crippen molar-refractivity contribution in [2.75, 3.05) is 5.73 Å². The average Bonchev–Trinajstić information content (AvgIpc) is 2.47. The van der Waals surface area contributed by atoms with E-state index in [0.717, 1.165) is 11.1 Å². The first-order chi connectivity index (χ1) is 10.5. The molecule has 0 spiro atoms. The molecule has 3 aromatic rings. The Kier molecular flexibility index (Phi) is 3.56. The fourth-order valence-electron chi connectivity index (χ4n) is 2.15. The monoisotopic (exact) mass is 313 g/mol. The molecule has 0 aliphatic carbocycles. The molecule has 0 unspecified atom stereocenters. The third-order valence-corrected chi connectivity index (χ3v) is 3.38. The van der Waals surface area contributed by atoms with Gasteiger partial charge in [-0.2, -0.15) is 0 Å². The summed E-state index contributed by atoms with van der Waals surface area (Å²) in [5, 5.41) is 19.6. The van der Waals surface area contributed by atoms with Gasteiger partial charge in [0.25, 0.3) is 0 Å². The number of phenolic OH excluding ortho intramolecular Hbond substituents is 2. The van der Waals surface area contributed by atoms with Crippen molar-refractivity contribution in [1.82, 2.24) is 9.97 Å². The van der Waals surface area contributed by atoms with Crippen LogP contribution in [0.25, 0.3) is 22.4 Å². The van der Waals surface area contributed by atoms with Crippen LogP contribution in [0.2, 0.25) is 5.15 Å². The molecule has 1 heterocycles. The largest absolute Gasteiger partial charge is 0.508 e. The second kappa shape index (κ2) is 5.54. The van der Waals surface area contributed by atoms with Crippen molar-refractivity contribution in [3.8, 4) is 33.9 Å². The lowest BCUT2D eigenvalue weighted by Gasteiger charge is -2.09. The van der Waals surface area contributed by atoms with E-state index in [4.69, 9.17) is 17.3 Å². The smallest absolute Gasteiger partial charge is 0.221 e. The minimum Gasteiger partial charge on any atom is -0.508 e. The van der Waals surface area contributed by atoms with E-state index in [2.05, 4.69) is 9.97 Å². The highest BCUT2D eigenvalue weighted by Crippen LogP contribution is 2.34. The molecular formula is C16H12ClN3O2. The summed E-state index contributed by atoms with van der Waals surface area (Å²) < 4.78 is 0. The molecule has 0 saturated carbocycles. The first-order valence-corrected chi connectivity index (χ1v) is 6.83. The van der Waals surface area contributed by atoms with Crippen LogP contribution in [-0.4, -0.2) is 20.2 Å². The van der Waals surface area contributed by atoms with Gasteiger partial charge in [-0.15, -0.1) is 0 Å². The lowest BCUT2D eigenvalue weighted by atomic mass is 10.0. The second-order valence-corrected chi connectivity index (χ2v) is 5.10. The van der Waals surface area contributed by atoms with Gasteiger partial charge in [0.15, 0.2) is 0 Å². The number of phenols is 2. The summed E-state index contributed by atoms with van der Waals surface area (Å²) in [6, 6.07) is 13.4. The Balaban J connectivity index is 2.12. The number of aromatic nitrogens is 2. The Morgan fingerprint density at radius 2 is 1.55 bits per heavy atom. The first kappa shape index (κ1) is 14.2. The molecule has 0 amide bonds. The van der Waals surface area contributed by atoms with Crippen LogP contribution in [-0.2, 0) is 0 Å². The molecule has 4 N–H and O–H groups in total. The van der Waals surface area contributed by atoms with Gasteiger partial charge in [0.05, 0.1) is 5.69 Å². The van der Waals surface area contributed by atoms with Crippen molar-refractivity contribution >= 4 is 17.5 Å². The fraction of sp³-hybridized carbons (Fsp3) is 0. The van der Waals surface area contributed by atoms with E-state index in [9.17, 15) is 10.2 Å². The molecule has 1 aromatic heterocycles. The van der Waals surface area contributed by atoms with Gasteiger partial charge in [-0.05, 0) is 35.4 Å². The lowest BCUT2D eigenvalue weighted by molar-refractivity contribution is 0.475. The minimum absolute atomic E-state index is 0.0388. The molecule has 0 aliphatic heterocycles. The number of rotatable bonds is 2. The Morgan fingerprint density at radius 3 is 2.23 bits per heavy atom. The topological polar surface area (TPSA) is 92.3 Å². The average molecular weight is 314 g/mol. The van der Waals surface area contributed by atoms with Gasteiger partial charge >= 0.3 is 0 Å². The van der Waals surface area contributed by atoms with Crippen LogP contribution in [0.3, 0.4) is 0 Å². The molecule has 0 bridgehead atoms. The number of hydrogen-bond acceptors (Lipinski definition) is 5. The van der Waals surface area contributed by atoms with Gasteiger partial charge < -0.3 is 15.9 Å². The minimum atomic E-state index is 0.0388. The molecule has 6 heteroatoms. The zero-order valence-electron chi connectivity index (χ0n) is 11.4. The van der Waals surface area contributed by atoms with E-state index < -0.39 is 0 Å². The molecule has 110 valence electrons. The highest BCUT2D eigenvalue weighted by Gasteiger charge is 2.10. The molecule has 5 nitrogen and oxygen atoms in total. The third-order valence-electron chi connectivity index (χ3n) is 3.19. The summed E-state index contributed by atoms with van der Waals surface area (Å²) in [4.78, 5) is 7.90. The normalized spacial score (nSPS) is 10.6. The number of benzene rings is 2. The van der Waals surface area contributed by atoms with Gasteiger partial charge in [0.2, 0.25) is 5.95 Å². The number of hydrogen-bond donors (Lipinski definition) is 3. The van der Waals surface area contributed by atoms with Crippen LogP contribution >= 0.6 is 11.6 Å². The van der Waals surface area contributed by atoms with E-state index in [-0.39, 0.29) is 22.6 Å². The Morgan fingerprint density at radius 1 is 0.864 bits per heavy atom. The molecule has 22 heavy (non-hydrogen) atoms. The Hall–Kier alpha value is -2.79. The maximum atomic E-state index is 10.1. The molecule has 3 rings (SSSR count). The zero-order valence-corrected chi connectivity index (χ0v) is 12.1. The molecule has 0 saturated heterocycles. The summed E-state index contributed by atoms with van der Waals surface area (Å²) in [5.41, 5.74) is 8.30. The van der Waals surface area contributed by atoms with Gasteiger partial charge in [-0.3, -0.25) is 0 Å². The molecule has 0 atom stereocenters. The van der Waals surface area contributed by atoms with Crippen molar-refractivity contribution in [3.05, 3.63) is 53.7 Å². The first-order valence-electron chi connectivity index (χ1n) is 6.46. The molecule has 0 radical (unpaired) electrons. The molecule has 0 fully saturated rings. The maximum Gasteiger partial charge on any atom is 0.221 e. The van der Waals surface area contributed by atoms with Crippen LogP contribution < -0.4 is 5.73 Å². The molecule has 0 aliphatic rings. The van der Waals surface area contributed by atoms with Crippen LogP contribution in [0.4, 0.5) is 5.95 Å². The van der Waals surface area contributed by atoms with E-state index in [1.807, 2.05) is 0 Å². The summed E-state index contributed by atoms with van der Waals surface area (Å²) in [5.74, 6) is 0.298.